The molecule has 180 valence electrons. The van der Waals surface area contributed by atoms with Gasteiger partial charge in [0.2, 0.25) is 5.91 Å². The van der Waals surface area contributed by atoms with E-state index in [1.807, 2.05) is 13.8 Å². The lowest BCUT2D eigenvalue weighted by atomic mass is 9.97. The van der Waals surface area contributed by atoms with Gasteiger partial charge in [0, 0.05) is 28.6 Å². The molecule has 1 aliphatic heterocycles. The van der Waals surface area contributed by atoms with Gasteiger partial charge >= 0.3 is 10.2 Å². The van der Waals surface area contributed by atoms with Crippen molar-refractivity contribution in [1.29, 1.82) is 0 Å². The minimum Gasteiger partial charge on any atom is -0.354 e. The molecule has 0 bridgehead atoms. The average Bonchev–Trinajstić information content (AvgIpc) is 2.74. The van der Waals surface area contributed by atoms with Crippen molar-refractivity contribution in [2.75, 3.05) is 23.1 Å². The maximum absolute atomic E-state index is 14.6. The van der Waals surface area contributed by atoms with E-state index >= 15 is 0 Å². The van der Waals surface area contributed by atoms with E-state index in [4.69, 9.17) is 11.6 Å². The smallest absolute Gasteiger partial charge is 0.301 e. The first kappa shape index (κ1) is 25.9. The SMILES string of the molecule is CC(C)NC(=O)C1CCN(S(=O)(=O)Nc2ccc(F)c(F)c2Nc2ccc(I)cc2Cl)CC1. The van der Waals surface area contributed by atoms with E-state index in [-0.39, 0.29) is 47.4 Å². The predicted octanol–water partition coefficient (Wildman–Crippen LogP) is 4.86. The normalized spacial score (nSPS) is 15.5. The van der Waals surface area contributed by atoms with Crippen LogP contribution in [0.1, 0.15) is 26.7 Å². The summed E-state index contributed by atoms with van der Waals surface area (Å²) < 4.78 is 58.9. The fraction of sp³-hybridized carbons (Fsp3) is 0.381. The van der Waals surface area contributed by atoms with Crippen molar-refractivity contribution in [2.45, 2.75) is 32.7 Å². The first-order chi connectivity index (χ1) is 15.5. The van der Waals surface area contributed by atoms with Crippen LogP contribution in [0.4, 0.5) is 25.8 Å². The highest BCUT2D eigenvalue weighted by atomic mass is 127. The van der Waals surface area contributed by atoms with Crippen LogP contribution in [0.25, 0.3) is 0 Å². The zero-order chi connectivity index (χ0) is 24.3. The monoisotopic (exact) mass is 612 g/mol. The Hall–Kier alpha value is -1.70. The molecule has 2 aromatic carbocycles. The van der Waals surface area contributed by atoms with Gasteiger partial charge in [0.25, 0.3) is 0 Å². The number of carbonyl (C=O) groups is 1. The van der Waals surface area contributed by atoms with E-state index < -0.39 is 21.8 Å². The van der Waals surface area contributed by atoms with E-state index in [1.54, 1.807) is 18.2 Å². The maximum Gasteiger partial charge on any atom is 0.301 e. The Balaban J connectivity index is 1.79. The third kappa shape index (κ3) is 6.46. The molecule has 1 amide bonds. The van der Waals surface area contributed by atoms with Crippen molar-refractivity contribution in [3.8, 4) is 0 Å². The molecule has 3 N–H and O–H groups in total. The lowest BCUT2D eigenvalue weighted by molar-refractivity contribution is -0.126. The highest BCUT2D eigenvalue weighted by molar-refractivity contribution is 14.1. The summed E-state index contributed by atoms with van der Waals surface area (Å²) in [6, 6.07) is 6.92. The quantitative estimate of drug-likeness (QED) is 0.390. The van der Waals surface area contributed by atoms with Crippen LogP contribution in [0.3, 0.4) is 0 Å². The molecule has 1 fully saturated rings. The van der Waals surface area contributed by atoms with Crippen LogP contribution in [0.5, 0.6) is 0 Å². The molecule has 3 rings (SSSR count). The molecule has 1 heterocycles. The Morgan fingerprint density at radius 2 is 1.79 bits per heavy atom. The summed E-state index contributed by atoms with van der Waals surface area (Å²) >= 11 is 8.24. The molecule has 2 aromatic rings. The number of benzene rings is 2. The Morgan fingerprint density at radius 1 is 1.15 bits per heavy atom. The Labute approximate surface area is 210 Å². The van der Waals surface area contributed by atoms with Crippen molar-refractivity contribution < 1.29 is 22.0 Å². The van der Waals surface area contributed by atoms with Gasteiger partial charge in [0.05, 0.1) is 16.4 Å². The van der Waals surface area contributed by atoms with Crippen LogP contribution in [0, 0.1) is 21.1 Å². The van der Waals surface area contributed by atoms with E-state index in [1.165, 1.54) is 4.31 Å². The number of carbonyl (C=O) groups excluding carboxylic acids is 1. The van der Waals surface area contributed by atoms with E-state index in [9.17, 15) is 22.0 Å². The van der Waals surface area contributed by atoms with Crippen LogP contribution in [-0.4, -0.2) is 37.8 Å². The van der Waals surface area contributed by atoms with Crippen molar-refractivity contribution >= 4 is 67.4 Å². The summed E-state index contributed by atoms with van der Waals surface area (Å²) in [7, 11) is -4.08. The number of piperidine rings is 1. The maximum atomic E-state index is 14.6. The number of amides is 1. The van der Waals surface area contributed by atoms with Gasteiger partial charge in [-0.15, -0.1) is 0 Å². The van der Waals surface area contributed by atoms with Gasteiger partial charge in [-0.3, -0.25) is 9.52 Å². The molecule has 0 radical (unpaired) electrons. The zero-order valence-corrected chi connectivity index (χ0v) is 21.7. The Bertz CT molecular complexity index is 1140. The van der Waals surface area contributed by atoms with E-state index in [0.717, 1.165) is 15.7 Å². The average molecular weight is 613 g/mol. The van der Waals surface area contributed by atoms with Gasteiger partial charge in [-0.2, -0.15) is 12.7 Å². The van der Waals surface area contributed by atoms with Crippen LogP contribution >= 0.6 is 34.2 Å². The van der Waals surface area contributed by atoms with Gasteiger partial charge in [-0.05, 0) is 79.6 Å². The standard InChI is InChI=1S/C21H24ClF2IN4O3S/c1-12(2)26-21(30)13-7-9-29(10-8-13)33(31,32)28-18-6-4-16(23)19(24)20(18)27-17-5-3-14(25)11-15(17)22/h3-6,11-13,27-28H,7-10H2,1-2H3,(H,26,30). The summed E-state index contributed by atoms with van der Waals surface area (Å²) in [5, 5.41) is 5.80. The van der Waals surface area contributed by atoms with Crippen LogP contribution in [-0.2, 0) is 15.0 Å². The largest absolute Gasteiger partial charge is 0.354 e. The molecular formula is C21H24ClF2IN4O3S. The van der Waals surface area contributed by atoms with Crippen molar-refractivity contribution in [1.82, 2.24) is 9.62 Å². The summed E-state index contributed by atoms with van der Waals surface area (Å²) in [5.41, 5.74) is -0.255. The second kappa shape index (κ2) is 10.7. The van der Waals surface area contributed by atoms with Crippen LogP contribution in [0.15, 0.2) is 30.3 Å². The lowest BCUT2D eigenvalue weighted by Crippen LogP contribution is -2.45. The highest BCUT2D eigenvalue weighted by Crippen LogP contribution is 2.35. The lowest BCUT2D eigenvalue weighted by Gasteiger charge is -2.31. The molecule has 7 nitrogen and oxygen atoms in total. The van der Waals surface area contributed by atoms with Gasteiger partial charge in [-0.25, -0.2) is 8.78 Å². The van der Waals surface area contributed by atoms with E-state index in [0.29, 0.717) is 18.5 Å². The van der Waals surface area contributed by atoms with Crippen LogP contribution < -0.4 is 15.4 Å². The minimum absolute atomic E-state index is 0.00167. The first-order valence-electron chi connectivity index (χ1n) is 10.3. The third-order valence-electron chi connectivity index (χ3n) is 5.12. The third-order valence-corrected chi connectivity index (χ3v) is 7.63. The molecule has 0 aromatic heterocycles. The molecule has 33 heavy (non-hydrogen) atoms. The minimum atomic E-state index is -4.08. The number of hydrogen-bond donors (Lipinski definition) is 3. The second-order valence-electron chi connectivity index (χ2n) is 7.98. The second-order valence-corrected chi connectivity index (χ2v) is 11.3. The van der Waals surface area contributed by atoms with Crippen molar-refractivity contribution in [2.24, 2.45) is 5.92 Å². The highest BCUT2D eigenvalue weighted by Gasteiger charge is 2.32. The molecule has 12 heteroatoms. The molecule has 0 saturated carbocycles. The first-order valence-corrected chi connectivity index (χ1v) is 13.2. The number of halogens is 4. The summed E-state index contributed by atoms with van der Waals surface area (Å²) in [6.07, 6.45) is 0.723. The van der Waals surface area contributed by atoms with E-state index in [2.05, 4.69) is 37.9 Å². The summed E-state index contributed by atoms with van der Waals surface area (Å²) in [5.74, 6) is -2.76. The van der Waals surface area contributed by atoms with Gasteiger partial charge in [0.15, 0.2) is 11.6 Å². The number of nitrogens with one attached hydrogen (secondary N) is 3. The zero-order valence-electron chi connectivity index (χ0n) is 18.0. The van der Waals surface area contributed by atoms with Crippen molar-refractivity contribution in [3.63, 3.8) is 0 Å². The Kier molecular flexibility index (Phi) is 8.40. The number of nitrogens with zero attached hydrogens (tertiary/aromatic N) is 1. The fourth-order valence-corrected chi connectivity index (χ4v) is 5.62. The number of rotatable bonds is 7. The molecule has 1 saturated heterocycles. The molecule has 0 aliphatic carbocycles. The predicted molar refractivity (Wildman–Crippen MR) is 134 cm³/mol. The Morgan fingerprint density at radius 3 is 2.39 bits per heavy atom. The molecule has 1 aliphatic rings. The molecule has 0 spiro atoms. The van der Waals surface area contributed by atoms with Crippen LogP contribution in [0.2, 0.25) is 5.02 Å². The summed E-state index contributed by atoms with van der Waals surface area (Å²) in [4.78, 5) is 12.2. The van der Waals surface area contributed by atoms with Crippen molar-refractivity contribution in [3.05, 3.63) is 50.6 Å². The molecule has 0 atom stereocenters. The molecular weight excluding hydrogens is 589 g/mol. The molecule has 0 unspecified atom stereocenters. The number of anilines is 3. The summed E-state index contributed by atoms with van der Waals surface area (Å²) in [6.45, 7) is 3.97. The topological polar surface area (TPSA) is 90.5 Å². The number of hydrogen-bond acceptors (Lipinski definition) is 4. The van der Waals surface area contributed by atoms with Gasteiger partial charge < -0.3 is 10.6 Å². The fourth-order valence-electron chi connectivity index (χ4n) is 3.45. The van der Waals surface area contributed by atoms with Gasteiger partial charge in [-0.1, -0.05) is 11.6 Å². The van der Waals surface area contributed by atoms with Gasteiger partial charge in [0.1, 0.15) is 5.69 Å².